The van der Waals surface area contributed by atoms with Crippen LogP contribution in [0.2, 0.25) is 0 Å². The summed E-state index contributed by atoms with van der Waals surface area (Å²) in [6.07, 6.45) is 0. The molecule has 0 aliphatic rings. The normalized spacial score (nSPS) is 10.5. The van der Waals surface area contributed by atoms with Crippen molar-refractivity contribution >= 4 is 28.5 Å². The first kappa shape index (κ1) is 16.6. The molecule has 2 aromatic rings. The number of amides is 1. The molecule has 9 heteroatoms. The van der Waals surface area contributed by atoms with Crippen LogP contribution < -0.4 is 4.74 Å². The molecule has 1 heterocycles. The number of rotatable bonds is 5. The predicted molar refractivity (Wildman–Crippen MR) is 80.4 cm³/mol. The molecule has 0 atom stereocenters. The Morgan fingerprint density at radius 1 is 1.45 bits per heavy atom. The Balaban J connectivity index is 1.95. The van der Waals surface area contributed by atoms with E-state index in [9.17, 15) is 13.6 Å². The number of halogens is 2. The predicted octanol–water partition coefficient (Wildman–Crippen LogP) is 3.50. The number of carbonyl (C=O) groups excluding carboxylic acids is 1. The van der Waals surface area contributed by atoms with E-state index in [1.54, 1.807) is 14.1 Å². The van der Waals surface area contributed by atoms with Gasteiger partial charge in [0, 0.05) is 43.0 Å². The van der Waals surface area contributed by atoms with E-state index in [-0.39, 0.29) is 27.8 Å². The van der Waals surface area contributed by atoms with Crippen LogP contribution in [0, 0.1) is 5.82 Å². The highest BCUT2D eigenvalue weighted by atomic mass is 32.2. The number of benzene rings is 1. The molecule has 0 spiro atoms. The maximum atomic E-state index is 13.7. The van der Waals surface area contributed by atoms with Crippen LogP contribution in [0.1, 0.15) is 11.1 Å². The zero-order chi connectivity index (χ0) is 16.1. The smallest absolute Gasteiger partial charge is 0.294 e. The zero-order valence-corrected chi connectivity index (χ0v) is 13.5. The molecule has 0 aliphatic heterocycles. The molecule has 2 rings (SSSR count). The summed E-state index contributed by atoms with van der Waals surface area (Å²) in [5.41, 5.74) is 0.573. The maximum Gasteiger partial charge on any atom is 0.294 e. The van der Waals surface area contributed by atoms with Crippen LogP contribution in [-0.4, -0.2) is 33.6 Å². The largest absolute Gasteiger partial charge is 0.464 e. The summed E-state index contributed by atoms with van der Waals surface area (Å²) < 4.78 is 35.4. The van der Waals surface area contributed by atoms with Crippen LogP contribution in [0.5, 0.6) is 5.19 Å². The summed E-state index contributed by atoms with van der Waals surface area (Å²) in [4.78, 5) is 16.9. The molecule has 5 nitrogen and oxygen atoms in total. The Kier molecular flexibility index (Phi) is 5.67. The highest BCUT2D eigenvalue weighted by Crippen LogP contribution is 2.24. The third kappa shape index (κ3) is 4.38. The standard InChI is InChI=1S/C13H13F2N3O2S2/c1-18(2)13(19)21-11-16-12(22-17-11)20-7-9-4-3-8(6-14)5-10(9)15/h3-5H,6-7H2,1-2H3. The molecule has 118 valence electrons. The van der Waals surface area contributed by atoms with Gasteiger partial charge in [-0.05, 0) is 11.6 Å². The van der Waals surface area contributed by atoms with Crippen LogP contribution in [0.25, 0.3) is 0 Å². The van der Waals surface area contributed by atoms with Crippen molar-refractivity contribution in [1.29, 1.82) is 0 Å². The monoisotopic (exact) mass is 345 g/mol. The molecule has 0 bridgehead atoms. The molecule has 0 fully saturated rings. The first-order chi connectivity index (χ1) is 10.5. The van der Waals surface area contributed by atoms with Gasteiger partial charge in [-0.1, -0.05) is 12.1 Å². The van der Waals surface area contributed by atoms with Gasteiger partial charge in [-0.2, -0.15) is 9.36 Å². The molecule has 0 radical (unpaired) electrons. The minimum absolute atomic E-state index is 0.0423. The van der Waals surface area contributed by atoms with Crippen molar-refractivity contribution in [2.24, 2.45) is 0 Å². The van der Waals surface area contributed by atoms with Gasteiger partial charge in [-0.3, -0.25) is 4.79 Å². The van der Waals surface area contributed by atoms with E-state index in [4.69, 9.17) is 4.74 Å². The molecule has 1 aromatic carbocycles. The van der Waals surface area contributed by atoms with E-state index in [0.717, 1.165) is 29.4 Å². The van der Waals surface area contributed by atoms with Gasteiger partial charge < -0.3 is 9.64 Å². The van der Waals surface area contributed by atoms with Gasteiger partial charge >= 0.3 is 0 Å². The average molecular weight is 345 g/mol. The molecule has 0 aliphatic carbocycles. The minimum Gasteiger partial charge on any atom is -0.464 e. The highest BCUT2D eigenvalue weighted by Gasteiger charge is 2.13. The third-order valence-corrected chi connectivity index (χ3v) is 4.21. The average Bonchev–Trinajstić information content (AvgIpc) is 2.93. The second-order valence-corrected chi connectivity index (χ2v) is 6.09. The van der Waals surface area contributed by atoms with Crippen LogP contribution in [0.3, 0.4) is 0 Å². The Labute approximate surface area is 134 Å². The van der Waals surface area contributed by atoms with Crippen molar-refractivity contribution in [3.05, 3.63) is 35.1 Å². The van der Waals surface area contributed by atoms with Gasteiger partial charge in [0.2, 0.25) is 5.16 Å². The zero-order valence-electron chi connectivity index (χ0n) is 11.9. The van der Waals surface area contributed by atoms with Crippen molar-refractivity contribution < 1.29 is 18.3 Å². The van der Waals surface area contributed by atoms with Crippen molar-refractivity contribution in [1.82, 2.24) is 14.3 Å². The van der Waals surface area contributed by atoms with Gasteiger partial charge in [-0.25, -0.2) is 8.78 Å². The van der Waals surface area contributed by atoms with Crippen molar-refractivity contribution in [3.8, 4) is 5.19 Å². The number of hydrogen-bond acceptors (Lipinski definition) is 6. The number of nitrogens with zero attached hydrogens (tertiary/aromatic N) is 3. The summed E-state index contributed by atoms with van der Waals surface area (Å²) in [6.45, 7) is -0.756. The van der Waals surface area contributed by atoms with E-state index in [0.29, 0.717) is 5.56 Å². The van der Waals surface area contributed by atoms with Gasteiger partial charge in [0.15, 0.2) is 0 Å². The number of thioether (sulfide) groups is 1. The van der Waals surface area contributed by atoms with Gasteiger partial charge in [-0.15, -0.1) is 0 Å². The number of aromatic nitrogens is 2. The van der Waals surface area contributed by atoms with E-state index in [1.807, 2.05) is 0 Å². The lowest BCUT2D eigenvalue weighted by Gasteiger charge is -2.06. The summed E-state index contributed by atoms with van der Waals surface area (Å²) >= 11 is 1.86. The fourth-order valence-electron chi connectivity index (χ4n) is 1.40. The van der Waals surface area contributed by atoms with Crippen LogP contribution >= 0.6 is 23.3 Å². The van der Waals surface area contributed by atoms with Gasteiger partial charge in [0.1, 0.15) is 19.1 Å². The summed E-state index contributed by atoms with van der Waals surface area (Å²) in [6, 6.07) is 4.10. The van der Waals surface area contributed by atoms with E-state index >= 15 is 0 Å². The Bertz CT molecular complexity index is 664. The molecular formula is C13H13F2N3O2S2. The van der Waals surface area contributed by atoms with Crippen molar-refractivity contribution in [2.75, 3.05) is 14.1 Å². The molecule has 22 heavy (non-hydrogen) atoms. The lowest BCUT2D eigenvalue weighted by atomic mass is 10.1. The molecule has 0 saturated heterocycles. The third-order valence-electron chi connectivity index (χ3n) is 2.56. The lowest BCUT2D eigenvalue weighted by Crippen LogP contribution is -2.16. The van der Waals surface area contributed by atoms with Gasteiger partial charge in [0.05, 0.1) is 0 Å². The summed E-state index contributed by atoms with van der Waals surface area (Å²) in [5, 5.41) is 0.326. The first-order valence-electron chi connectivity index (χ1n) is 6.18. The molecule has 0 saturated carbocycles. The number of hydrogen-bond donors (Lipinski definition) is 0. The molecule has 1 aromatic heterocycles. The maximum absolute atomic E-state index is 13.7. The fourth-order valence-corrected chi connectivity index (χ4v) is 2.62. The molecule has 1 amide bonds. The highest BCUT2D eigenvalue weighted by molar-refractivity contribution is 8.13. The Morgan fingerprint density at radius 3 is 2.86 bits per heavy atom. The van der Waals surface area contributed by atoms with Crippen molar-refractivity contribution in [3.63, 3.8) is 0 Å². The molecule has 0 unspecified atom stereocenters. The fraction of sp³-hybridized carbons (Fsp3) is 0.308. The SMILES string of the molecule is CN(C)C(=O)Sc1nsc(OCc2ccc(CF)cc2F)n1. The van der Waals surface area contributed by atoms with Crippen LogP contribution in [-0.2, 0) is 13.3 Å². The Morgan fingerprint density at radius 2 is 2.23 bits per heavy atom. The number of alkyl halides is 1. The first-order valence-corrected chi connectivity index (χ1v) is 7.77. The topological polar surface area (TPSA) is 55.3 Å². The van der Waals surface area contributed by atoms with E-state index < -0.39 is 12.5 Å². The molecule has 0 N–H and O–H groups in total. The lowest BCUT2D eigenvalue weighted by molar-refractivity contribution is 0.241. The summed E-state index contributed by atoms with van der Waals surface area (Å²) in [5.74, 6) is -0.531. The van der Waals surface area contributed by atoms with E-state index in [1.165, 1.54) is 17.0 Å². The number of ether oxygens (including phenoxy) is 1. The summed E-state index contributed by atoms with van der Waals surface area (Å²) in [7, 11) is 3.26. The van der Waals surface area contributed by atoms with E-state index in [2.05, 4.69) is 9.36 Å². The number of carbonyl (C=O) groups is 1. The molecular weight excluding hydrogens is 332 g/mol. The van der Waals surface area contributed by atoms with Crippen LogP contribution in [0.15, 0.2) is 23.4 Å². The second-order valence-electron chi connectivity index (χ2n) is 4.45. The quantitative estimate of drug-likeness (QED) is 0.777. The second kappa shape index (κ2) is 7.50. The van der Waals surface area contributed by atoms with Crippen LogP contribution in [0.4, 0.5) is 13.6 Å². The minimum atomic E-state index is -0.713. The van der Waals surface area contributed by atoms with Gasteiger partial charge in [0.25, 0.3) is 10.4 Å². The van der Waals surface area contributed by atoms with Crippen molar-refractivity contribution in [2.45, 2.75) is 18.4 Å². The Hall–Kier alpha value is -1.74.